The Kier molecular flexibility index (Phi) is 7.82. The summed E-state index contributed by atoms with van der Waals surface area (Å²) in [6, 6.07) is 75.1. The van der Waals surface area contributed by atoms with Crippen molar-refractivity contribution in [1.82, 2.24) is 0 Å². The fourth-order valence-corrected chi connectivity index (χ4v) is 8.32. The van der Waals surface area contributed by atoms with Crippen molar-refractivity contribution in [1.29, 1.82) is 0 Å². The zero-order chi connectivity index (χ0) is 37.7. The largest absolute Gasteiger partial charge is 0.456 e. The number of anilines is 3. The molecule has 11 aromatic rings. The van der Waals surface area contributed by atoms with Gasteiger partial charge in [0.05, 0.1) is 5.69 Å². The Morgan fingerprint density at radius 3 is 1.49 bits per heavy atom. The second-order valence-corrected chi connectivity index (χ2v) is 14.5. The molecule has 0 aliphatic carbocycles. The van der Waals surface area contributed by atoms with Crippen LogP contribution in [0.25, 0.3) is 88.4 Å². The first-order chi connectivity index (χ1) is 28.2. The van der Waals surface area contributed by atoms with Gasteiger partial charge in [0.2, 0.25) is 0 Å². The Morgan fingerprint density at radius 1 is 0.298 bits per heavy atom. The van der Waals surface area contributed by atoms with Crippen LogP contribution in [0.15, 0.2) is 221 Å². The molecule has 0 N–H and O–H groups in total. The first-order valence-electron chi connectivity index (χ1n) is 19.3. The van der Waals surface area contributed by atoms with Crippen molar-refractivity contribution in [3.63, 3.8) is 0 Å². The highest BCUT2D eigenvalue weighted by atomic mass is 16.3. The topological polar surface area (TPSA) is 29.5 Å². The van der Waals surface area contributed by atoms with Crippen LogP contribution in [-0.2, 0) is 0 Å². The van der Waals surface area contributed by atoms with Gasteiger partial charge in [-0.15, -0.1) is 0 Å². The SMILES string of the molecule is c1ccc(-c2cc(-c3ccccc3)cc(N(c3ccc(-c4ccc5c(c4)oc4ccccc45)cc3)c3ccc(-c4ccccc4)c4c3oc3ccccc34)c2)cc1. The maximum absolute atomic E-state index is 6.91. The molecule has 268 valence electrons. The van der Waals surface area contributed by atoms with Gasteiger partial charge in [0.25, 0.3) is 0 Å². The van der Waals surface area contributed by atoms with Crippen molar-refractivity contribution < 1.29 is 8.83 Å². The molecule has 0 atom stereocenters. The van der Waals surface area contributed by atoms with Crippen LogP contribution in [-0.4, -0.2) is 0 Å². The molecule has 0 unspecified atom stereocenters. The van der Waals surface area contributed by atoms with E-state index < -0.39 is 0 Å². The maximum Gasteiger partial charge on any atom is 0.160 e. The molecule has 2 aromatic heterocycles. The average Bonchev–Trinajstić information content (AvgIpc) is 3.87. The standard InChI is InChI=1S/C54H35NO2/c1-4-14-36(15-5-1)41-32-42(37-16-6-2-7-17-37)34-44(33-41)55(43-27-24-38(25-28-43)40-26-29-47-46-20-10-12-22-50(46)56-52(47)35-40)49-31-30-45(39-18-8-3-9-19-39)53-48-21-11-13-23-51(48)57-54(49)53/h1-35H. The molecule has 0 spiro atoms. The van der Waals surface area contributed by atoms with Crippen molar-refractivity contribution in [2.24, 2.45) is 0 Å². The zero-order valence-electron chi connectivity index (χ0n) is 31.0. The number of para-hydroxylation sites is 2. The van der Waals surface area contributed by atoms with Gasteiger partial charge in [-0.2, -0.15) is 0 Å². The zero-order valence-corrected chi connectivity index (χ0v) is 31.0. The molecule has 57 heavy (non-hydrogen) atoms. The fourth-order valence-electron chi connectivity index (χ4n) is 8.32. The van der Waals surface area contributed by atoms with E-state index in [1.165, 1.54) is 0 Å². The minimum atomic E-state index is 0.836. The summed E-state index contributed by atoms with van der Waals surface area (Å²) in [6.07, 6.45) is 0. The van der Waals surface area contributed by atoms with Crippen LogP contribution >= 0.6 is 0 Å². The Bertz CT molecular complexity index is 3160. The first-order valence-corrected chi connectivity index (χ1v) is 19.3. The molecule has 0 fully saturated rings. The number of hydrogen-bond acceptors (Lipinski definition) is 3. The number of fused-ring (bicyclic) bond motifs is 6. The molecule has 0 bridgehead atoms. The third-order valence-corrected chi connectivity index (χ3v) is 11.1. The second kappa shape index (κ2) is 13.6. The lowest BCUT2D eigenvalue weighted by Crippen LogP contribution is -2.11. The lowest BCUT2D eigenvalue weighted by molar-refractivity contribution is 0.668. The highest BCUT2D eigenvalue weighted by Gasteiger charge is 2.23. The van der Waals surface area contributed by atoms with Crippen LogP contribution in [0.5, 0.6) is 0 Å². The summed E-state index contributed by atoms with van der Waals surface area (Å²) in [5.41, 5.74) is 15.6. The summed E-state index contributed by atoms with van der Waals surface area (Å²) < 4.78 is 13.2. The van der Waals surface area contributed by atoms with E-state index in [1.807, 2.05) is 18.2 Å². The summed E-state index contributed by atoms with van der Waals surface area (Å²) in [5, 5.41) is 4.44. The lowest BCUT2D eigenvalue weighted by Gasteiger charge is -2.27. The molecule has 0 saturated carbocycles. The van der Waals surface area contributed by atoms with Gasteiger partial charge in [0.15, 0.2) is 5.58 Å². The van der Waals surface area contributed by atoms with E-state index in [0.717, 1.165) is 105 Å². The highest BCUT2D eigenvalue weighted by molar-refractivity contribution is 6.17. The molecule has 3 heteroatoms. The van der Waals surface area contributed by atoms with E-state index in [0.29, 0.717) is 0 Å². The number of rotatable bonds is 7. The van der Waals surface area contributed by atoms with Gasteiger partial charge in [-0.1, -0.05) is 152 Å². The van der Waals surface area contributed by atoms with Crippen LogP contribution in [0.1, 0.15) is 0 Å². The third-order valence-electron chi connectivity index (χ3n) is 11.1. The van der Waals surface area contributed by atoms with Crippen molar-refractivity contribution in [2.45, 2.75) is 0 Å². The first kappa shape index (κ1) is 32.8. The predicted molar refractivity (Wildman–Crippen MR) is 237 cm³/mol. The van der Waals surface area contributed by atoms with E-state index in [-0.39, 0.29) is 0 Å². The molecule has 11 rings (SSSR count). The van der Waals surface area contributed by atoms with Crippen LogP contribution in [0.4, 0.5) is 17.1 Å². The summed E-state index contributed by atoms with van der Waals surface area (Å²) >= 11 is 0. The van der Waals surface area contributed by atoms with Gasteiger partial charge in [0.1, 0.15) is 16.7 Å². The molecule has 0 aliphatic rings. The van der Waals surface area contributed by atoms with Gasteiger partial charge in [0, 0.05) is 32.9 Å². The Hall–Kier alpha value is -7.62. The molecule has 0 amide bonds. The van der Waals surface area contributed by atoms with Gasteiger partial charge in [-0.05, 0) is 105 Å². The smallest absolute Gasteiger partial charge is 0.160 e. The van der Waals surface area contributed by atoms with Gasteiger partial charge in [-0.25, -0.2) is 0 Å². The van der Waals surface area contributed by atoms with Crippen LogP contribution < -0.4 is 4.90 Å². The maximum atomic E-state index is 6.91. The molecular weight excluding hydrogens is 695 g/mol. The second-order valence-electron chi connectivity index (χ2n) is 14.5. The van der Waals surface area contributed by atoms with Crippen LogP contribution in [0, 0.1) is 0 Å². The minimum Gasteiger partial charge on any atom is -0.456 e. The summed E-state index contributed by atoms with van der Waals surface area (Å²) in [6.45, 7) is 0. The molecule has 0 saturated heterocycles. The fraction of sp³-hybridized carbons (Fsp3) is 0. The highest BCUT2D eigenvalue weighted by Crippen LogP contribution is 2.47. The monoisotopic (exact) mass is 729 g/mol. The summed E-state index contributed by atoms with van der Waals surface area (Å²) in [5.74, 6) is 0. The normalized spacial score (nSPS) is 11.5. The number of furan rings is 2. The molecule has 3 nitrogen and oxygen atoms in total. The average molecular weight is 730 g/mol. The van der Waals surface area contributed by atoms with Crippen LogP contribution in [0.3, 0.4) is 0 Å². The van der Waals surface area contributed by atoms with E-state index in [9.17, 15) is 0 Å². The molecule has 2 heterocycles. The number of benzene rings is 9. The Balaban J connectivity index is 1.14. The third kappa shape index (κ3) is 5.76. The van der Waals surface area contributed by atoms with Crippen molar-refractivity contribution in [3.8, 4) is 44.5 Å². The van der Waals surface area contributed by atoms with E-state index in [2.05, 4.69) is 199 Å². The van der Waals surface area contributed by atoms with E-state index in [4.69, 9.17) is 8.83 Å². The Morgan fingerprint density at radius 2 is 0.825 bits per heavy atom. The predicted octanol–water partition coefficient (Wildman–Crippen LogP) is 15.6. The quantitative estimate of drug-likeness (QED) is 0.164. The summed E-state index contributed by atoms with van der Waals surface area (Å²) in [4.78, 5) is 2.35. The molecule has 0 aliphatic heterocycles. The number of hydrogen-bond donors (Lipinski definition) is 0. The number of nitrogens with zero attached hydrogens (tertiary/aromatic N) is 1. The van der Waals surface area contributed by atoms with Gasteiger partial charge >= 0.3 is 0 Å². The van der Waals surface area contributed by atoms with E-state index >= 15 is 0 Å². The van der Waals surface area contributed by atoms with Gasteiger partial charge in [-0.3, -0.25) is 0 Å². The molecule has 0 radical (unpaired) electrons. The Labute approximate surface area is 330 Å². The van der Waals surface area contributed by atoms with Crippen molar-refractivity contribution in [2.75, 3.05) is 4.90 Å². The van der Waals surface area contributed by atoms with E-state index in [1.54, 1.807) is 0 Å². The molecule has 9 aromatic carbocycles. The van der Waals surface area contributed by atoms with Gasteiger partial charge < -0.3 is 13.7 Å². The van der Waals surface area contributed by atoms with Crippen LogP contribution in [0.2, 0.25) is 0 Å². The van der Waals surface area contributed by atoms with Crippen molar-refractivity contribution >= 4 is 60.9 Å². The lowest BCUT2D eigenvalue weighted by atomic mass is 9.96. The summed E-state index contributed by atoms with van der Waals surface area (Å²) in [7, 11) is 0. The van der Waals surface area contributed by atoms with Crippen molar-refractivity contribution in [3.05, 3.63) is 212 Å². The molecular formula is C54H35NO2. The minimum absolute atomic E-state index is 0.836.